The van der Waals surface area contributed by atoms with Crippen molar-refractivity contribution in [3.63, 3.8) is 0 Å². The van der Waals surface area contributed by atoms with Crippen molar-refractivity contribution in [1.82, 2.24) is 15.1 Å². The Morgan fingerprint density at radius 1 is 0.932 bits per heavy atom. The zero-order chi connectivity index (χ0) is 55.6. The van der Waals surface area contributed by atoms with Gasteiger partial charge in [0.1, 0.15) is 30.0 Å². The number of hydrogen-bond acceptors (Lipinski definition) is 17. The van der Waals surface area contributed by atoms with Gasteiger partial charge in [-0.2, -0.15) is 0 Å². The first-order chi connectivity index (χ1) is 34.6. The molecule has 0 bridgehead atoms. The molecule has 422 valence electrons. The lowest BCUT2D eigenvalue weighted by molar-refractivity contribution is -0.318. The standard InChI is InChI=1S/C53H89N5O12S.CH2O2/c1-16-41-53(10,64)45(60)34(6)58(25-19-24-54-50(71)55-38-22-23-39(56(11)12)37-21-18-17-20-36(37)38)29-30(2)27-51(8,63)47(70-49-43(59)40(57(13)14)26-31(3)66-49)32(4)44(33(5)48(62)68-41)69-42-28-52(9,65-15)46(61)35(7)67-42;2-1-3/h17-18,20-23,30-35,40-47,49,59-61,63-64H,16,19,24-29H2,1-15H3,(H2,54,55,71);1H,(H,2,3)/t30-,31-,32+,33-,34-,35+,40+,41-,42+,43-,44+,45-,46+,47-,49+,51-,52-,53-;/m1./s1. The molecule has 0 radical (unpaired) electrons. The Bertz CT molecular complexity index is 2100. The van der Waals surface area contributed by atoms with E-state index in [1.165, 1.54) is 14.0 Å². The fraction of sp³-hybridized carbons (Fsp3) is 0.759. The average Bonchev–Trinajstić information content (AvgIpc) is 3.33. The molecule has 8 N–H and O–H groups in total. The average molecular weight is 1070 g/mol. The van der Waals surface area contributed by atoms with Crippen LogP contribution >= 0.6 is 12.2 Å². The number of fused-ring (bicyclic) bond motifs is 1. The van der Waals surface area contributed by atoms with Gasteiger partial charge in [0, 0.05) is 87.4 Å². The van der Waals surface area contributed by atoms with Gasteiger partial charge >= 0.3 is 5.97 Å². The maximum absolute atomic E-state index is 14.6. The molecule has 20 heteroatoms. The van der Waals surface area contributed by atoms with E-state index >= 15 is 0 Å². The number of aliphatic hydroxyl groups is 5. The molecule has 5 rings (SSSR count). The topological polar surface area (TPSA) is 245 Å². The van der Waals surface area contributed by atoms with Crippen LogP contribution in [0, 0.1) is 17.8 Å². The molecule has 3 heterocycles. The maximum atomic E-state index is 14.6. The fourth-order valence-electron chi connectivity index (χ4n) is 11.3. The molecule has 0 aromatic heterocycles. The smallest absolute Gasteiger partial charge is 0.311 e. The van der Waals surface area contributed by atoms with Crippen molar-refractivity contribution in [2.24, 2.45) is 17.8 Å². The minimum atomic E-state index is -1.90. The number of esters is 1. The van der Waals surface area contributed by atoms with Crippen molar-refractivity contribution in [2.45, 2.75) is 192 Å². The fourth-order valence-corrected chi connectivity index (χ4v) is 11.5. The van der Waals surface area contributed by atoms with Gasteiger partial charge in [-0.15, -0.1) is 0 Å². The molecule has 3 aliphatic heterocycles. The molecule has 3 aliphatic rings. The predicted octanol–water partition coefficient (Wildman–Crippen LogP) is 4.57. The summed E-state index contributed by atoms with van der Waals surface area (Å²) in [5.41, 5.74) is -2.61. The van der Waals surface area contributed by atoms with Crippen molar-refractivity contribution in [2.75, 3.05) is 65.2 Å². The summed E-state index contributed by atoms with van der Waals surface area (Å²) in [5.74, 6) is -2.81. The second-order valence-corrected chi connectivity index (χ2v) is 22.5. The number of thiocarbonyl (C=S) groups is 1. The van der Waals surface area contributed by atoms with Gasteiger partial charge in [0.25, 0.3) is 6.47 Å². The lowest BCUT2D eigenvalue weighted by atomic mass is 9.77. The summed E-state index contributed by atoms with van der Waals surface area (Å²) in [6.45, 7) is 18.8. The number of ether oxygens (including phenoxy) is 6. The number of anilines is 2. The first-order valence-electron chi connectivity index (χ1n) is 26.2. The first kappa shape index (κ1) is 63.2. The van der Waals surface area contributed by atoms with Crippen LogP contribution in [0.5, 0.6) is 0 Å². The van der Waals surface area contributed by atoms with Crippen LogP contribution in [0.4, 0.5) is 11.4 Å². The minimum Gasteiger partial charge on any atom is -0.483 e. The van der Waals surface area contributed by atoms with Crippen molar-refractivity contribution in [3.8, 4) is 0 Å². The number of cyclic esters (lactones) is 1. The van der Waals surface area contributed by atoms with E-state index in [4.69, 9.17) is 50.5 Å². The first-order valence-corrected chi connectivity index (χ1v) is 26.6. The molecule has 2 aromatic rings. The summed E-state index contributed by atoms with van der Waals surface area (Å²) in [6.07, 6.45) is -8.25. The number of hydrogen-bond donors (Lipinski definition) is 8. The normalized spacial score (nSPS) is 37.9. The molecule has 2 aromatic carbocycles. The molecule has 0 unspecified atom stereocenters. The highest BCUT2D eigenvalue weighted by Crippen LogP contribution is 2.41. The Hall–Kier alpha value is -3.35. The summed E-state index contributed by atoms with van der Waals surface area (Å²) < 4.78 is 38.3. The van der Waals surface area contributed by atoms with Crippen LogP contribution in [0.25, 0.3) is 10.8 Å². The van der Waals surface area contributed by atoms with E-state index in [2.05, 4.69) is 38.6 Å². The monoisotopic (exact) mass is 1070 g/mol. The van der Waals surface area contributed by atoms with E-state index < -0.39 is 96.0 Å². The highest BCUT2D eigenvalue weighted by Gasteiger charge is 2.53. The molecular formula is C54H91N5O14S. The van der Waals surface area contributed by atoms with E-state index in [1.54, 1.807) is 34.6 Å². The van der Waals surface area contributed by atoms with Crippen LogP contribution in [0.1, 0.15) is 101 Å². The predicted molar refractivity (Wildman–Crippen MR) is 289 cm³/mol. The van der Waals surface area contributed by atoms with Crippen LogP contribution in [-0.4, -0.2) is 203 Å². The number of methoxy groups -OCH3 is 1. The van der Waals surface area contributed by atoms with E-state index in [-0.39, 0.29) is 43.8 Å². The zero-order valence-electron chi connectivity index (χ0n) is 46.6. The van der Waals surface area contributed by atoms with Crippen LogP contribution in [0.2, 0.25) is 0 Å². The quantitative estimate of drug-likeness (QED) is 0.0593. The van der Waals surface area contributed by atoms with E-state index in [9.17, 15) is 30.3 Å². The summed E-state index contributed by atoms with van der Waals surface area (Å²) in [7, 11) is 9.32. The van der Waals surface area contributed by atoms with Crippen molar-refractivity contribution >= 4 is 51.9 Å². The lowest BCUT2D eigenvalue weighted by Gasteiger charge is -2.48. The van der Waals surface area contributed by atoms with Gasteiger partial charge in [0.05, 0.1) is 41.5 Å². The number of benzene rings is 2. The van der Waals surface area contributed by atoms with E-state index in [0.717, 1.165) is 22.1 Å². The number of nitrogens with one attached hydrogen (secondary N) is 2. The Labute approximate surface area is 445 Å². The summed E-state index contributed by atoms with van der Waals surface area (Å²) in [5, 5.41) is 76.5. The third kappa shape index (κ3) is 15.4. The van der Waals surface area contributed by atoms with Gasteiger partial charge in [0.2, 0.25) is 0 Å². The summed E-state index contributed by atoms with van der Waals surface area (Å²) in [6, 6.07) is 11.3. The van der Waals surface area contributed by atoms with Crippen molar-refractivity contribution in [1.29, 1.82) is 0 Å². The molecule has 0 spiro atoms. The van der Waals surface area contributed by atoms with E-state index in [0.29, 0.717) is 37.6 Å². The third-order valence-corrected chi connectivity index (χ3v) is 15.8. The number of carbonyl (C=O) groups excluding carboxylic acids is 1. The molecular weight excluding hydrogens is 975 g/mol. The van der Waals surface area contributed by atoms with E-state index in [1.807, 2.05) is 79.0 Å². The molecule has 0 saturated carbocycles. The Morgan fingerprint density at radius 2 is 1.57 bits per heavy atom. The molecule has 74 heavy (non-hydrogen) atoms. The van der Waals surface area contributed by atoms with Gasteiger partial charge in [-0.25, -0.2) is 0 Å². The van der Waals surface area contributed by atoms with Crippen LogP contribution in [-0.2, 0) is 38.0 Å². The second kappa shape index (κ2) is 27.3. The Balaban J connectivity index is 0.00000385. The highest BCUT2D eigenvalue weighted by atomic mass is 32.1. The summed E-state index contributed by atoms with van der Waals surface area (Å²) >= 11 is 5.78. The van der Waals surface area contributed by atoms with Crippen molar-refractivity contribution in [3.05, 3.63) is 36.4 Å². The number of carboxylic acid groups (broad SMARTS) is 1. The maximum Gasteiger partial charge on any atom is 0.311 e. The molecule has 18 atom stereocenters. The number of nitrogens with zero attached hydrogens (tertiary/aromatic N) is 3. The van der Waals surface area contributed by atoms with Crippen molar-refractivity contribution < 1.29 is 68.6 Å². The van der Waals surface area contributed by atoms with Gasteiger partial charge in [0.15, 0.2) is 17.7 Å². The molecule has 0 amide bonds. The van der Waals surface area contributed by atoms with Crippen LogP contribution in [0.15, 0.2) is 36.4 Å². The zero-order valence-corrected chi connectivity index (χ0v) is 47.4. The third-order valence-electron chi connectivity index (χ3n) is 15.6. The highest BCUT2D eigenvalue weighted by molar-refractivity contribution is 7.80. The van der Waals surface area contributed by atoms with Gasteiger partial charge in [-0.05, 0) is 119 Å². The summed E-state index contributed by atoms with van der Waals surface area (Å²) in [4.78, 5) is 29.1. The number of rotatable bonds is 13. The minimum absolute atomic E-state index is 0.109. The lowest BCUT2D eigenvalue weighted by Crippen LogP contribution is -2.60. The largest absolute Gasteiger partial charge is 0.483 e. The SMILES string of the molecule is CC[C@H]1OC(=O)[C@H](C)[C@@H](O[C@H]2C[C@@](C)(OC)[C@@H](O)[C@H](C)O2)[C@H](C)[C@@H](O[C@@H]2O[C@H](C)C[C@H](N(C)C)[C@H]2O)[C@](C)(O)C[C@@H](C)CN(CCCNC(=S)Nc2ccc(N(C)C)c3ccccc23)[C@H](C)[C@@H](O)[C@]1(C)O.O=CO. The molecule has 3 fully saturated rings. The van der Waals surface area contributed by atoms with Gasteiger partial charge in [-0.1, -0.05) is 45.0 Å². The van der Waals surface area contributed by atoms with Crippen LogP contribution in [0.3, 0.4) is 0 Å². The Morgan fingerprint density at radius 3 is 2.16 bits per heavy atom. The van der Waals surface area contributed by atoms with Gasteiger partial charge in [-0.3, -0.25) is 14.5 Å². The number of aliphatic hydroxyl groups excluding tert-OH is 3. The number of carbonyl (C=O) groups is 2. The molecule has 0 aliphatic carbocycles. The molecule has 19 nitrogen and oxygen atoms in total. The Kier molecular flexibility index (Phi) is 23.3. The second-order valence-electron chi connectivity index (χ2n) is 22.1. The van der Waals surface area contributed by atoms with Gasteiger partial charge < -0.3 is 79.5 Å². The van der Waals surface area contributed by atoms with Crippen LogP contribution < -0.4 is 15.5 Å². The number of likely N-dealkylation sites (N-methyl/N-ethyl adjacent to an activating group) is 1. The molecule has 3 saturated heterocycles.